The fraction of sp³-hybridized carbons (Fsp3) is 0.480. The Bertz CT molecular complexity index is 1030. The molecule has 3 heterocycles. The molecule has 0 fully saturated rings. The van der Waals surface area contributed by atoms with Crippen LogP contribution in [0, 0.1) is 19.8 Å². The van der Waals surface area contributed by atoms with Crippen molar-refractivity contribution in [2.45, 2.75) is 59.7 Å². The minimum Gasteiger partial charge on any atom is -0.472 e. The molecule has 3 aromatic rings. The molecule has 1 aliphatic rings. The number of hydrogen-bond acceptors (Lipinski definition) is 5. The molecule has 7 nitrogen and oxygen atoms in total. The van der Waals surface area contributed by atoms with Gasteiger partial charge in [-0.25, -0.2) is 0 Å². The summed E-state index contributed by atoms with van der Waals surface area (Å²) in [5.41, 5.74) is 4.05. The Balaban J connectivity index is 1.52. The van der Waals surface area contributed by atoms with E-state index in [2.05, 4.69) is 44.9 Å². The lowest BCUT2D eigenvalue weighted by Crippen LogP contribution is -2.32. The summed E-state index contributed by atoms with van der Waals surface area (Å²) in [6.45, 7) is 11.9. The Morgan fingerprint density at radius 1 is 1.12 bits per heavy atom. The Morgan fingerprint density at radius 2 is 1.91 bits per heavy atom. The van der Waals surface area contributed by atoms with E-state index >= 15 is 0 Å². The van der Waals surface area contributed by atoms with E-state index in [4.69, 9.17) is 4.42 Å². The van der Waals surface area contributed by atoms with Crippen LogP contribution in [0.4, 0.5) is 0 Å². The number of aromatic nitrogens is 3. The Kier molecular flexibility index (Phi) is 6.74. The molecule has 170 valence electrons. The normalized spacial score (nSPS) is 15.4. The number of hydrogen-bond donors (Lipinski definition) is 1. The van der Waals surface area contributed by atoms with E-state index in [9.17, 15) is 4.79 Å². The highest BCUT2D eigenvalue weighted by Gasteiger charge is 2.26. The number of furan rings is 1. The first-order valence-corrected chi connectivity index (χ1v) is 11.4. The lowest BCUT2D eigenvalue weighted by molar-refractivity contribution is 0.0928. The zero-order valence-electron chi connectivity index (χ0n) is 19.5. The summed E-state index contributed by atoms with van der Waals surface area (Å²) in [4.78, 5) is 15.5. The van der Waals surface area contributed by atoms with E-state index in [0.717, 1.165) is 61.8 Å². The van der Waals surface area contributed by atoms with Crippen LogP contribution in [-0.4, -0.2) is 38.7 Å². The van der Waals surface area contributed by atoms with Crippen LogP contribution in [-0.2, 0) is 19.5 Å². The van der Waals surface area contributed by atoms with Crippen molar-refractivity contribution in [2.75, 3.05) is 13.1 Å². The van der Waals surface area contributed by atoms with Crippen LogP contribution in [0.1, 0.15) is 65.0 Å². The van der Waals surface area contributed by atoms with Gasteiger partial charge in [-0.3, -0.25) is 9.69 Å². The van der Waals surface area contributed by atoms with Gasteiger partial charge in [0.05, 0.1) is 18.6 Å². The predicted molar refractivity (Wildman–Crippen MR) is 123 cm³/mol. The van der Waals surface area contributed by atoms with E-state index in [1.807, 2.05) is 32.0 Å². The van der Waals surface area contributed by atoms with Gasteiger partial charge in [0.1, 0.15) is 5.82 Å². The molecule has 7 heteroatoms. The van der Waals surface area contributed by atoms with Crippen molar-refractivity contribution >= 4 is 5.91 Å². The highest BCUT2D eigenvalue weighted by molar-refractivity contribution is 5.94. The molecule has 0 saturated carbocycles. The van der Waals surface area contributed by atoms with Gasteiger partial charge < -0.3 is 14.3 Å². The number of nitrogens with one attached hydrogen (secondary N) is 1. The van der Waals surface area contributed by atoms with Gasteiger partial charge >= 0.3 is 0 Å². The van der Waals surface area contributed by atoms with Gasteiger partial charge in [0.15, 0.2) is 5.82 Å². The smallest absolute Gasteiger partial charge is 0.251 e. The molecule has 1 amide bonds. The largest absolute Gasteiger partial charge is 0.472 e. The third-order valence-corrected chi connectivity index (χ3v) is 5.94. The standard InChI is InChI=1S/C25H33N5O2/c1-17(2)11-22(26-25(31)21-13-18(3)12-19(4)14-21)24-28-27-23-5-7-29(8-9-30(23)24)15-20-6-10-32-16-20/h6,10,12-14,16-17,22H,5,7-9,11,15H2,1-4H3,(H,26,31)/t22-/m1/s1. The lowest BCUT2D eigenvalue weighted by Gasteiger charge is -2.22. The highest BCUT2D eigenvalue weighted by atomic mass is 16.3. The number of aryl methyl sites for hydroxylation is 2. The topological polar surface area (TPSA) is 76.2 Å². The van der Waals surface area contributed by atoms with Crippen LogP contribution in [0.15, 0.2) is 41.2 Å². The molecule has 0 aliphatic carbocycles. The molecule has 1 aromatic carbocycles. The first-order valence-electron chi connectivity index (χ1n) is 11.4. The van der Waals surface area contributed by atoms with Crippen LogP contribution < -0.4 is 5.32 Å². The summed E-state index contributed by atoms with van der Waals surface area (Å²) in [6.07, 6.45) is 5.17. The number of benzene rings is 1. The molecule has 0 bridgehead atoms. The van der Waals surface area contributed by atoms with Crippen molar-refractivity contribution in [1.82, 2.24) is 25.0 Å². The van der Waals surface area contributed by atoms with E-state index < -0.39 is 0 Å². The molecular weight excluding hydrogens is 402 g/mol. The van der Waals surface area contributed by atoms with Crippen molar-refractivity contribution in [3.8, 4) is 0 Å². The summed E-state index contributed by atoms with van der Waals surface area (Å²) in [7, 11) is 0. The highest BCUT2D eigenvalue weighted by Crippen LogP contribution is 2.23. The van der Waals surface area contributed by atoms with Crippen molar-refractivity contribution in [3.63, 3.8) is 0 Å². The molecule has 4 rings (SSSR count). The van der Waals surface area contributed by atoms with Crippen molar-refractivity contribution in [2.24, 2.45) is 5.92 Å². The van der Waals surface area contributed by atoms with Gasteiger partial charge in [-0.05, 0) is 44.4 Å². The van der Waals surface area contributed by atoms with Gasteiger partial charge in [-0.2, -0.15) is 0 Å². The zero-order valence-corrected chi connectivity index (χ0v) is 19.5. The molecule has 1 N–H and O–H groups in total. The fourth-order valence-corrected chi connectivity index (χ4v) is 4.49. The van der Waals surface area contributed by atoms with Crippen LogP contribution in [0.5, 0.6) is 0 Å². The van der Waals surface area contributed by atoms with Crippen LogP contribution in [0.25, 0.3) is 0 Å². The molecule has 1 atom stereocenters. The van der Waals surface area contributed by atoms with Crippen LogP contribution in [0.3, 0.4) is 0 Å². The average Bonchev–Trinajstić information content (AvgIpc) is 3.34. The maximum atomic E-state index is 13.1. The van der Waals surface area contributed by atoms with Gasteiger partial charge in [-0.1, -0.05) is 31.0 Å². The molecule has 1 aliphatic heterocycles. The number of fused-ring (bicyclic) bond motifs is 1. The number of rotatable bonds is 7. The molecular formula is C25H33N5O2. The second-order valence-corrected chi connectivity index (χ2v) is 9.32. The average molecular weight is 436 g/mol. The van der Waals surface area contributed by atoms with Crippen LogP contribution in [0.2, 0.25) is 0 Å². The number of amides is 1. The summed E-state index contributed by atoms with van der Waals surface area (Å²) >= 11 is 0. The molecule has 32 heavy (non-hydrogen) atoms. The lowest BCUT2D eigenvalue weighted by atomic mass is 10.0. The Hall–Kier alpha value is -2.93. The number of carbonyl (C=O) groups excluding carboxylic acids is 1. The maximum Gasteiger partial charge on any atom is 0.251 e. The summed E-state index contributed by atoms with van der Waals surface area (Å²) in [5.74, 6) is 2.20. The van der Waals surface area contributed by atoms with Crippen LogP contribution >= 0.6 is 0 Å². The predicted octanol–water partition coefficient (Wildman–Crippen LogP) is 4.06. The third-order valence-electron chi connectivity index (χ3n) is 5.94. The zero-order chi connectivity index (χ0) is 22.7. The summed E-state index contributed by atoms with van der Waals surface area (Å²) in [6, 6.07) is 7.79. The monoisotopic (exact) mass is 435 g/mol. The second-order valence-electron chi connectivity index (χ2n) is 9.32. The molecule has 0 unspecified atom stereocenters. The minimum absolute atomic E-state index is 0.0602. The minimum atomic E-state index is -0.176. The first-order chi connectivity index (χ1) is 15.4. The van der Waals surface area contributed by atoms with Crippen molar-refractivity contribution < 1.29 is 9.21 Å². The number of carbonyl (C=O) groups is 1. The van der Waals surface area contributed by atoms with E-state index in [0.29, 0.717) is 11.5 Å². The molecule has 0 saturated heterocycles. The van der Waals surface area contributed by atoms with Gasteiger partial charge in [-0.15, -0.1) is 10.2 Å². The Morgan fingerprint density at radius 3 is 2.59 bits per heavy atom. The second kappa shape index (κ2) is 9.69. The molecule has 0 radical (unpaired) electrons. The van der Waals surface area contributed by atoms with Gasteiger partial charge in [0, 0.05) is 43.7 Å². The Labute approximate surface area is 189 Å². The fourth-order valence-electron chi connectivity index (χ4n) is 4.49. The molecule has 0 spiro atoms. The summed E-state index contributed by atoms with van der Waals surface area (Å²) < 4.78 is 7.43. The van der Waals surface area contributed by atoms with Crippen molar-refractivity contribution in [3.05, 3.63) is 70.7 Å². The van der Waals surface area contributed by atoms with E-state index in [-0.39, 0.29) is 11.9 Å². The van der Waals surface area contributed by atoms with E-state index in [1.165, 1.54) is 5.56 Å². The summed E-state index contributed by atoms with van der Waals surface area (Å²) in [5, 5.41) is 12.3. The quantitative estimate of drug-likeness (QED) is 0.606. The molecule has 2 aromatic heterocycles. The van der Waals surface area contributed by atoms with Crippen molar-refractivity contribution in [1.29, 1.82) is 0 Å². The third kappa shape index (κ3) is 5.27. The number of nitrogens with zero attached hydrogens (tertiary/aromatic N) is 4. The first kappa shape index (κ1) is 22.3. The van der Waals surface area contributed by atoms with Gasteiger partial charge in [0.2, 0.25) is 0 Å². The SMILES string of the molecule is Cc1cc(C)cc(C(=O)N[C@H](CC(C)C)c2nnc3n2CCN(Cc2ccoc2)CC3)c1. The maximum absolute atomic E-state index is 13.1. The van der Waals surface area contributed by atoms with E-state index in [1.54, 1.807) is 12.5 Å². The van der Waals surface area contributed by atoms with Gasteiger partial charge in [0.25, 0.3) is 5.91 Å².